The second-order valence-electron chi connectivity index (χ2n) is 4.93. The Balaban J connectivity index is 2.23. The number of halogens is 3. The van der Waals surface area contributed by atoms with Gasteiger partial charge in [0.15, 0.2) is 5.69 Å². The van der Waals surface area contributed by atoms with Gasteiger partial charge in [-0.3, -0.25) is 5.43 Å². The molecule has 5 nitrogen and oxygen atoms in total. The highest BCUT2D eigenvalue weighted by Crippen LogP contribution is 2.39. The summed E-state index contributed by atoms with van der Waals surface area (Å²) in [6.07, 6.45) is -3.42. The number of hydrogen-bond acceptors (Lipinski definition) is 5. The molecule has 0 aromatic carbocycles. The largest absolute Gasteiger partial charge is 0.433 e. The summed E-state index contributed by atoms with van der Waals surface area (Å²) in [6.45, 7) is 2.80. The van der Waals surface area contributed by atoms with Crippen LogP contribution in [-0.4, -0.2) is 23.6 Å². The van der Waals surface area contributed by atoms with Gasteiger partial charge in [0.2, 0.25) is 5.95 Å². The van der Waals surface area contributed by atoms with Crippen LogP contribution in [-0.2, 0) is 6.18 Å². The van der Waals surface area contributed by atoms with E-state index in [9.17, 15) is 13.2 Å². The first-order valence-electron chi connectivity index (χ1n) is 5.95. The summed E-state index contributed by atoms with van der Waals surface area (Å²) in [5, 5.41) is 0. The van der Waals surface area contributed by atoms with Gasteiger partial charge < -0.3 is 4.90 Å². The summed E-state index contributed by atoms with van der Waals surface area (Å²) in [6, 6.07) is 0.938. The van der Waals surface area contributed by atoms with Crippen LogP contribution in [0.5, 0.6) is 0 Å². The van der Waals surface area contributed by atoms with E-state index in [-0.39, 0.29) is 11.8 Å². The number of nitrogens with zero attached hydrogens (tertiary/aromatic N) is 3. The smallest absolute Gasteiger partial charge is 0.359 e. The number of rotatable bonds is 4. The standard InChI is InChI=1S/C11H16F3N5/c1-6-3-7(6)5-19(2)9-4-8(11(12,13)14)16-10(17-9)18-15/h4,6-7H,3,5,15H2,1-2H3,(H,16,17,18). The lowest BCUT2D eigenvalue weighted by Crippen LogP contribution is -2.24. The van der Waals surface area contributed by atoms with Gasteiger partial charge in [0, 0.05) is 19.7 Å². The summed E-state index contributed by atoms with van der Waals surface area (Å²) in [5.74, 6) is 6.23. The van der Waals surface area contributed by atoms with Crippen molar-refractivity contribution in [2.45, 2.75) is 19.5 Å². The average Bonchev–Trinajstić information content (AvgIpc) is 3.03. The number of anilines is 2. The molecule has 1 fully saturated rings. The predicted octanol–water partition coefficient (Wildman–Crippen LogP) is 1.87. The van der Waals surface area contributed by atoms with Crippen LogP contribution < -0.4 is 16.2 Å². The van der Waals surface area contributed by atoms with Crippen LogP contribution in [0.15, 0.2) is 6.07 Å². The number of nitrogen functional groups attached to an aromatic ring is 1. The fourth-order valence-corrected chi connectivity index (χ4v) is 1.94. The van der Waals surface area contributed by atoms with Crippen molar-refractivity contribution < 1.29 is 13.2 Å². The number of nitrogens with two attached hydrogens (primary N) is 1. The Morgan fingerprint density at radius 3 is 2.58 bits per heavy atom. The molecule has 0 saturated heterocycles. The molecule has 1 aromatic rings. The molecule has 0 aliphatic heterocycles. The minimum absolute atomic E-state index is 0.217. The molecule has 1 heterocycles. The molecular weight excluding hydrogens is 259 g/mol. The van der Waals surface area contributed by atoms with E-state index in [1.165, 1.54) is 0 Å². The molecule has 1 aromatic heterocycles. The molecule has 0 spiro atoms. The van der Waals surface area contributed by atoms with Crippen molar-refractivity contribution in [2.75, 3.05) is 23.9 Å². The summed E-state index contributed by atoms with van der Waals surface area (Å²) in [5.41, 5.74) is 1.06. The quantitative estimate of drug-likeness (QED) is 0.648. The monoisotopic (exact) mass is 275 g/mol. The normalized spacial score (nSPS) is 22.2. The SMILES string of the molecule is CC1CC1CN(C)c1cc(C(F)(F)F)nc(NN)n1. The molecule has 0 amide bonds. The molecule has 106 valence electrons. The van der Waals surface area contributed by atoms with E-state index in [4.69, 9.17) is 5.84 Å². The predicted molar refractivity (Wildman–Crippen MR) is 65.4 cm³/mol. The van der Waals surface area contributed by atoms with Gasteiger partial charge in [0.05, 0.1) is 0 Å². The maximum Gasteiger partial charge on any atom is 0.433 e. The zero-order valence-corrected chi connectivity index (χ0v) is 10.7. The molecule has 1 aliphatic carbocycles. The van der Waals surface area contributed by atoms with Crippen molar-refractivity contribution in [2.24, 2.45) is 17.7 Å². The Labute approximate surface area is 109 Å². The highest BCUT2D eigenvalue weighted by Gasteiger charge is 2.36. The molecule has 1 aliphatic rings. The Hall–Kier alpha value is -1.57. The van der Waals surface area contributed by atoms with Crippen LogP contribution in [0.2, 0.25) is 0 Å². The van der Waals surface area contributed by atoms with Crippen molar-refractivity contribution in [3.05, 3.63) is 11.8 Å². The van der Waals surface area contributed by atoms with Crippen molar-refractivity contribution in [1.29, 1.82) is 0 Å². The maximum absolute atomic E-state index is 12.7. The van der Waals surface area contributed by atoms with Gasteiger partial charge in [-0.1, -0.05) is 6.92 Å². The molecule has 8 heteroatoms. The first-order valence-corrected chi connectivity index (χ1v) is 5.95. The highest BCUT2D eigenvalue weighted by atomic mass is 19.4. The van der Waals surface area contributed by atoms with E-state index in [1.54, 1.807) is 11.9 Å². The van der Waals surface area contributed by atoms with Gasteiger partial charge in [-0.25, -0.2) is 10.8 Å². The Kier molecular flexibility index (Phi) is 3.53. The topological polar surface area (TPSA) is 67.1 Å². The number of hydrazine groups is 1. The van der Waals surface area contributed by atoms with Crippen LogP contribution in [0.3, 0.4) is 0 Å². The van der Waals surface area contributed by atoms with Crippen molar-refractivity contribution in [3.8, 4) is 0 Å². The second-order valence-corrected chi connectivity index (χ2v) is 4.93. The number of nitrogens with one attached hydrogen (secondary N) is 1. The Bertz CT molecular complexity index is 462. The van der Waals surface area contributed by atoms with Crippen LogP contribution in [0, 0.1) is 11.8 Å². The van der Waals surface area contributed by atoms with Gasteiger partial charge in [-0.15, -0.1) is 0 Å². The van der Waals surface area contributed by atoms with Crippen molar-refractivity contribution >= 4 is 11.8 Å². The summed E-state index contributed by atoms with van der Waals surface area (Å²) in [7, 11) is 1.72. The molecular formula is C11H16F3N5. The third-order valence-electron chi connectivity index (χ3n) is 3.31. The molecule has 0 bridgehead atoms. The van der Waals surface area contributed by atoms with Gasteiger partial charge >= 0.3 is 6.18 Å². The van der Waals surface area contributed by atoms with E-state index in [1.807, 2.05) is 0 Å². The van der Waals surface area contributed by atoms with E-state index in [0.717, 1.165) is 12.5 Å². The Morgan fingerprint density at radius 2 is 2.11 bits per heavy atom. The van der Waals surface area contributed by atoms with E-state index >= 15 is 0 Å². The molecule has 3 N–H and O–H groups in total. The number of alkyl halides is 3. The molecule has 2 unspecified atom stereocenters. The Morgan fingerprint density at radius 1 is 1.47 bits per heavy atom. The second kappa shape index (κ2) is 4.84. The zero-order chi connectivity index (χ0) is 14.2. The minimum Gasteiger partial charge on any atom is -0.359 e. The summed E-state index contributed by atoms with van der Waals surface area (Å²) < 4.78 is 38.1. The van der Waals surface area contributed by atoms with Crippen LogP contribution in [0.4, 0.5) is 24.9 Å². The van der Waals surface area contributed by atoms with E-state index in [2.05, 4.69) is 22.3 Å². The third-order valence-corrected chi connectivity index (χ3v) is 3.31. The molecule has 2 rings (SSSR count). The van der Waals surface area contributed by atoms with E-state index in [0.29, 0.717) is 18.4 Å². The third kappa shape index (κ3) is 3.25. The molecule has 1 saturated carbocycles. The van der Waals surface area contributed by atoms with Gasteiger partial charge in [0.25, 0.3) is 0 Å². The van der Waals surface area contributed by atoms with Crippen LogP contribution in [0.1, 0.15) is 19.0 Å². The molecule has 19 heavy (non-hydrogen) atoms. The van der Waals surface area contributed by atoms with Crippen LogP contribution in [0.25, 0.3) is 0 Å². The lowest BCUT2D eigenvalue weighted by Gasteiger charge is -2.19. The van der Waals surface area contributed by atoms with Crippen molar-refractivity contribution in [1.82, 2.24) is 9.97 Å². The maximum atomic E-state index is 12.7. The average molecular weight is 275 g/mol. The first kappa shape index (κ1) is 13.9. The minimum atomic E-state index is -4.52. The number of aromatic nitrogens is 2. The fourth-order valence-electron chi connectivity index (χ4n) is 1.94. The lowest BCUT2D eigenvalue weighted by molar-refractivity contribution is -0.141. The van der Waals surface area contributed by atoms with Crippen molar-refractivity contribution in [3.63, 3.8) is 0 Å². The highest BCUT2D eigenvalue weighted by molar-refractivity contribution is 5.44. The zero-order valence-electron chi connectivity index (χ0n) is 10.7. The van der Waals surface area contributed by atoms with Gasteiger partial charge in [0.1, 0.15) is 5.82 Å². The van der Waals surface area contributed by atoms with E-state index < -0.39 is 11.9 Å². The van der Waals surface area contributed by atoms with Crippen LogP contribution >= 0.6 is 0 Å². The summed E-state index contributed by atoms with van der Waals surface area (Å²) in [4.78, 5) is 8.97. The van der Waals surface area contributed by atoms with Gasteiger partial charge in [-0.2, -0.15) is 18.2 Å². The fraction of sp³-hybridized carbons (Fsp3) is 0.636. The molecule has 2 atom stereocenters. The summed E-state index contributed by atoms with van der Waals surface area (Å²) >= 11 is 0. The van der Waals surface area contributed by atoms with Gasteiger partial charge in [-0.05, 0) is 18.3 Å². The number of hydrogen-bond donors (Lipinski definition) is 2. The first-order chi connectivity index (χ1) is 8.81. The molecule has 0 radical (unpaired) electrons. The lowest BCUT2D eigenvalue weighted by atomic mass is 10.3.